The fraction of sp³-hybridized carbons (Fsp3) is 0.500. The molecule has 0 aliphatic carbocycles. The van der Waals surface area contributed by atoms with Crippen LogP contribution in [0.1, 0.15) is 6.92 Å². The van der Waals surface area contributed by atoms with E-state index in [-0.39, 0.29) is 18.4 Å². The lowest BCUT2D eigenvalue weighted by Crippen LogP contribution is -2.35. The standard InChI is InChI=1S/C10H18N6O/c1-4-13-9(17)6-16(3)8-5-7(12-2)14-10(11)15-8/h5H,4,6H2,1-3H3,(H,13,17)(H3,11,12,14,15). The number of carbonyl (C=O) groups excluding carboxylic acids is 1. The molecule has 1 aromatic rings. The highest BCUT2D eigenvalue weighted by molar-refractivity contribution is 5.81. The van der Waals surface area contributed by atoms with Crippen molar-refractivity contribution in [2.24, 2.45) is 0 Å². The Hall–Kier alpha value is -2.05. The first-order valence-corrected chi connectivity index (χ1v) is 5.37. The summed E-state index contributed by atoms with van der Waals surface area (Å²) in [6.07, 6.45) is 0. The number of nitrogens with two attached hydrogens (primary N) is 1. The zero-order chi connectivity index (χ0) is 12.8. The average molecular weight is 238 g/mol. The van der Waals surface area contributed by atoms with Crippen molar-refractivity contribution in [2.75, 3.05) is 43.1 Å². The highest BCUT2D eigenvalue weighted by Gasteiger charge is 2.09. The molecule has 0 spiro atoms. The highest BCUT2D eigenvalue weighted by atomic mass is 16.2. The van der Waals surface area contributed by atoms with E-state index < -0.39 is 0 Å². The second-order valence-electron chi connectivity index (χ2n) is 3.53. The van der Waals surface area contributed by atoms with Crippen LogP contribution in [0, 0.1) is 0 Å². The number of hydrogen-bond donors (Lipinski definition) is 3. The fourth-order valence-corrected chi connectivity index (χ4v) is 1.33. The van der Waals surface area contributed by atoms with Crippen molar-refractivity contribution in [1.82, 2.24) is 15.3 Å². The van der Waals surface area contributed by atoms with Crippen LogP contribution in [0.2, 0.25) is 0 Å². The second-order valence-corrected chi connectivity index (χ2v) is 3.53. The van der Waals surface area contributed by atoms with E-state index in [0.717, 1.165) is 0 Å². The smallest absolute Gasteiger partial charge is 0.239 e. The summed E-state index contributed by atoms with van der Waals surface area (Å²) in [5, 5.41) is 5.60. The van der Waals surface area contributed by atoms with Gasteiger partial charge in [-0.1, -0.05) is 0 Å². The van der Waals surface area contributed by atoms with E-state index in [2.05, 4.69) is 20.6 Å². The third-order valence-corrected chi connectivity index (χ3v) is 2.13. The van der Waals surface area contributed by atoms with Crippen LogP contribution in [0.3, 0.4) is 0 Å². The first-order valence-electron chi connectivity index (χ1n) is 5.37. The van der Waals surface area contributed by atoms with Crippen LogP contribution >= 0.6 is 0 Å². The Morgan fingerprint density at radius 2 is 2.24 bits per heavy atom. The molecule has 7 nitrogen and oxygen atoms in total. The molecule has 1 rings (SSSR count). The topological polar surface area (TPSA) is 96.2 Å². The molecule has 0 unspecified atom stereocenters. The molecule has 0 aliphatic rings. The number of nitrogen functional groups attached to an aromatic ring is 1. The Balaban J connectivity index is 2.77. The normalized spacial score (nSPS) is 9.82. The van der Waals surface area contributed by atoms with Crippen molar-refractivity contribution in [3.8, 4) is 0 Å². The molecule has 0 atom stereocenters. The van der Waals surface area contributed by atoms with Gasteiger partial charge in [-0.15, -0.1) is 0 Å². The van der Waals surface area contributed by atoms with E-state index in [4.69, 9.17) is 5.73 Å². The number of anilines is 3. The molecule has 1 amide bonds. The quantitative estimate of drug-likeness (QED) is 0.650. The molecule has 0 saturated carbocycles. The number of nitrogens with one attached hydrogen (secondary N) is 2. The molecule has 94 valence electrons. The Morgan fingerprint density at radius 3 is 2.82 bits per heavy atom. The lowest BCUT2D eigenvalue weighted by atomic mass is 10.4. The van der Waals surface area contributed by atoms with Crippen molar-refractivity contribution < 1.29 is 4.79 Å². The number of likely N-dealkylation sites (N-methyl/N-ethyl adjacent to an activating group) is 2. The van der Waals surface area contributed by atoms with Gasteiger partial charge in [-0.3, -0.25) is 4.79 Å². The lowest BCUT2D eigenvalue weighted by molar-refractivity contribution is -0.119. The number of nitrogens with zero attached hydrogens (tertiary/aromatic N) is 3. The summed E-state index contributed by atoms with van der Waals surface area (Å²) in [5.74, 6) is 1.34. The number of amides is 1. The van der Waals surface area contributed by atoms with Gasteiger partial charge in [0.15, 0.2) is 0 Å². The summed E-state index contributed by atoms with van der Waals surface area (Å²) in [5.41, 5.74) is 5.57. The molecule has 0 bridgehead atoms. The van der Waals surface area contributed by atoms with Crippen molar-refractivity contribution >= 4 is 23.5 Å². The molecule has 1 aromatic heterocycles. The predicted octanol–water partition coefficient (Wildman–Crippen LogP) is -0.327. The maximum atomic E-state index is 11.4. The largest absolute Gasteiger partial charge is 0.373 e. The van der Waals surface area contributed by atoms with Crippen molar-refractivity contribution in [1.29, 1.82) is 0 Å². The summed E-state index contributed by atoms with van der Waals surface area (Å²) < 4.78 is 0. The van der Waals surface area contributed by atoms with Crippen LogP contribution in [0.5, 0.6) is 0 Å². The Bertz CT molecular complexity index is 394. The minimum atomic E-state index is -0.0572. The maximum Gasteiger partial charge on any atom is 0.239 e. The Labute approximate surface area is 100 Å². The van der Waals surface area contributed by atoms with Crippen LogP contribution < -0.4 is 21.3 Å². The number of hydrogen-bond acceptors (Lipinski definition) is 6. The van der Waals surface area contributed by atoms with Gasteiger partial charge in [0.2, 0.25) is 11.9 Å². The highest BCUT2D eigenvalue weighted by Crippen LogP contribution is 2.14. The maximum absolute atomic E-state index is 11.4. The Morgan fingerprint density at radius 1 is 1.53 bits per heavy atom. The summed E-state index contributed by atoms with van der Waals surface area (Å²) in [6, 6.07) is 1.73. The third kappa shape index (κ3) is 3.78. The molecule has 7 heteroatoms. The fourth-order valence-electron chi connectivity index (χ4n) is 1.33. The molecule has 4 N–H and O–H groups in total. The van der Waals surface area contributed by atoms with Gasteiger partial charge in [0.25, 0.3) is 0 Å². The van der Waals surface area contributed by atoms with Gasteiger partial charge in [-0.2, -0.15) is 9.97 Å². The van der Waals surface area contributed by atoms with Crippen LogP contribution in [0.4, 0.5) is 17.6 Å². The van der Waals surface area contributed by atoms with Gasteiger partial charge in [-0.25, -0.2) is 0 Å². The summed E-state index contributed by atoms with van der Waals surface area (Å²) in [6.45, 7) is 2.72. The van der Waals surface area contributed by atoms with Crippen molar-refractivity contribution in [2.45, 2.75) is 6.92 Å². The molecule has 0 aliphatic heterocycles. The minimum Gasteiger partial charge on any atom is -0.373 e. The van der Waals surface area contributed by atoms with Crippen LogP contribution in [-0.4, -0.2) is 43.1 Å². The van der Waals surface area contributed by atoms with Gasteiger partial charge in [0, 0.05) is 26.7 Å². The van der Waals surface area contributed by atoms with Gasteiger partial charge in [0.05, 0.1) is 6.54 Å². The average Bonchev–Trinajstić information content (AvgIpc) is 2.28. The monoisotopic (exact) mass is 238 g/mol. The van der Waals surface area contributed by atoms with E-state index >= 15 is 0 Å². The zero-order valence-corrected chi connectivity index (χ0v) is 10.3. The molecule has 17 heavy (non-hydrogen) atoms. The van der Waals surface area contributed by atoms with E-state index in [9.17, 15) is 4.79 Å². The van der Waals surface area contributed by atoms with Gasteiger partial charge < -0.3 is 21.3 Å². The van der Waals surface area contributed by atoms with E-state index in [1.54, 1.807) is 25.1 Å². The van der Waals surface area contributed by atoms with Crippen molar-refractivity contribution in [3.05, 3.63) is 6.07 Å². The van der Waals surface area contributed by atoms with Crippen LogP contribution in [0.15, 0.2) is 6.07 Å². The SMILES string of the molecule is CCNC(=O)CN(C)c1cc(NC)nc(N)n1. The molecular formula is C10H18N6O. The van der Waals surface area contributed by atoms with Crippen molar-refractivity contribution in [3.63, 3.8) is 0 Å². The molecular weight excluding hydrogens is 220 g/mol. The summed E-state index contributed by atoms with van der Waals surface area (Å²) in [7, 11) is 3.52. The predicted molar refractivity (Wildman–Crippen MR) is 67.9 cm³/mol. The molecule has 1 heterocycles. The Kier molecular flexibility index (Phi) is 4.50. The summed E-state index contributed by atoms with van der Waals surface area (Å²) in [4.78, 5) is 21.2. The molecule has 0 saturated heterocycles. The first-order chi connectivity index (χ1) is 8.06. The van der Waals surface area contributed by atoms with Crippen LogP contribution in [-0.2, 0) is 4.79 Å². The van der Waals surface area contributed by atoms with E-state index in [1.165, 1.54) is 0 Å². The number of rotatable bonds is 5. The van der Waals surface area contributed by atoms with E-state index in [1.807, 2.05) is 6.92 Å². The number of aromatic nitrogens is 2. The van der Waals surface area contributed by atoms with E-state index in [0.29, 0.717) is 18.2 Å². The molecule has 0 radical (unpaired) electrons. The molecule has 0 fully saturated rings. The number of carbonyl (C=O) groups is 1. The van der Waals surface area contributed by atoms with Crippen LogP contribution in [0.25, 0.3) is 0 Å². The first kappa shape index (κ1) is 13.0. The zero-order valence-electron chi connectivity index (χ0n) is 10.3. The summed E-state index contributed by atoms with van der Waals surface area (Å²) >= 11 is 0. The second kappa shape index (κ2) is 5.88. The molecule has 0 aromatic carbocycles. The van der Waals surface area contributed by atoms with Gasteiger partial charge >= 0.3 is 0 Å². The van der Waals surface area contributed by atoms with Gasteiger partial charge in [0.1, 0.15) is 11.6 Å². The van der Waals surface area contributed by atoms with Gasteiger partial charge in [-0.05, 0) is 6.92 Å². The lowest BCUT2D eigenvalue weighted by Gasteiger charge is -2.18. The minimum absolute atomic E-state index is 0.0572. The third-order valence-electron chi connectivity index (χ3n) is 2.13.